The van der Waals surface area contributed by atoms with Crippen molar-refractivity contribution in [2.45, 2.75) is 19.3 Å². The lowest BCUT2D eigenvalue weighted by molar-refractivity contribution is -0.137. The van der Waals surface area contributed by atoms with E-state index in [1.165, 1.54) is 17.0 Å². The number of hydrogen-bond donors (Lipinski definition) is 2. The molecular weight excluding hydrogens is 282 g/mol. The van der Waals surface area contributed by atoms with Crippen molar-refractivity contribution in [2.75, 3.05) is 20.1 Å². The third-order valence-electron chi connectivity index (χ3n) is 2.84. The van der Waals surface area contributed by atoms with Gasteiger partial charge in [-0.1, -0.05) is 0 Å². The molecule has 0 saturated carbocycles. The molecule has 0 radical (unpaired) electrons. The van der Waals surface area contributed by atoms with Crippen LogP contribution in [0.3, 0.4) is 0 Å². The highest BCUT2D eigenvalue weighted by atomic mass is 19.1. The van der Waals surface area contributed by atoms with E-state index in [9.17, 15) is 18.4 Å². The van der Waals surface area contributed by atoms with Gasteiger partial charge < -0.3 is 15.3 Å². The average Bonchev–Trinajstić information content (AvgIpc) is 2.36. The van der Waals surface area contributed by atoms with Crippen molar-refractivity contribution in [1.82, 2.24) is 10.2 Å². The quantitative estimate of drug-likeness (QED) is 0.809. The molecule has 1 rings (SSSR count). The van der Waals surface area contributed by atoms with Crippen LogP contribution in [0.1, 0.15) is 18.4 Å². The van der Waals surface area contributed by atoms with Gasteiger partial charge in [0.15, 0.2) is 0 Å². The zero-order valence-corrected chi connectivity index (χ0v) is 11.7. The molecule has 0 atom stereocenters. The fourth-order valence-electron chi connectivity index (χ4n) is 1.77. The highest BCUT2D eigenvalue weighted by Gasteiger charge is 2.08. The molecule has 0 aromatic heterocycles. The summed E-state index contributed by atoms with van der Waals surface area (Å²) in [5.41, 5.74) is 0.460. The Hall–Kier alpha value is -2.18. The Bertz CT molecular complexity index is 489. The smallest absolute Gasteiger partial charge is 0.317 e. The minimum atomic E-state index is -0.906. The number of benzene rings is 1. The van der Waals surface area contributed by atoms with Gasteiger partial charge in [0.05, 0.1) is 0 Å². The maximum atomic E-state index is 13.0. The van der Waals surface area contributed by atoms with Gasteiger partial charge in [0, 0.05) is 32.6 Å². The molecule has 1 aromatic carbocycles. The molecule has 0 aliphatic heterocycles. The van der Waals surface area contributed by atoms with Crippen molar-refractivity contribution in [3.8, 4) is 0 Å². The van der Waals surface area contributed by atoms with Gasteiger partial charge in [-0.05, 0) is 30.5 Å². The van der Waals surface area contributed by atoms with Crippen molar-refractivity contribution < 1.29 is 23.5 Å². The molecule has 5 nitrogen and oxygen atoms in total. The van der Waals surface area contributed by atoms with Crippen LogP contribution in [0, 0.1) is 11.6 Å². The van der Waals surface area contributed by atoms with Gasteiger partial charge in [-0.2, -0.15) is 0 Å². The van der Waals surface area contributed by atoms with Crippen LogP contribution in [0.2, 0.25) is 0 Å². The SMILES string of the molecule is CN(CCCC(=O)O)C(=O)NCCc1cc(F)cc(F)c1. The lowest BCUT2D eigenvalue weighted by Gasteiger charge is -2.17. The maximum Gasteiger partial charge on any atom is 0.317 e. The summed E-state index contributed by atoms with van der Waals surface area (Å²) in [6.45, 7) is 0.567. The molecule has 0 spiro atoms. The van der Waals surface area contributed by atoms with Crippen LogP contribution in [0.4, 0.5) is 13.6 Å². The van der Waals surface area contributed by atoms with Crippen molar-refractivity contribution in [3.05, 3.63) is 35.4 Å². The zero-order valence-electron chi connectivity index (χ0n) is 11.7. The normalized spacial score (nSPS) is 10.2. The molecule has 0 unspecified atom stereocenters. The van der Waals surface area contributed by atoms with Crippen molar-refractivity contribution in [3.63, 3.8) is 0 Å². The Morgan fingerprint density at radius 3 is 2.43 bits per heavy atom. The first-order valence-electron chi connectivity index (χ1n) is 6.54. The lowest BCUT2D eigenvalue weighted by Crippen LogP contribution is -2.38. The number of carbonyl (C=O) groups is 2. The molecule has 7 heteroatoms. The van der Waals surface area contributed by atoms with Crippen LogP contribution in [0.15, 0.2) is 18.2 Å². The van der Waals surface area contributed by atoms with Crippen LogP contribution in [-0.2, 0) is 11.2 Å². The molecule has 0 bridgehead atoms. The minimum absolute atomic E-state index is 0.000188. The molecule has 2 amide bonds. The van der Waals surface area contributed by atoms with E-state index in [4.69, 9.17) is 5.11 Å². The molecule has 0 heterocycles. The minimum Gasteiger partial charge on any atom is -0.481 e. The van der Waals surface area contributed by atoms with Gasteiger partial charge in [-0.3, -0.25) is 4.79 Å². The Kier molecular flexibility index (Phi) is 6.58. The summed E-state index contributed by atoms with van der Waals surface area (Å²) in [5.74, 6) is -2.21. The summed E-state index contributed by atoms with van der Waals surface area (Å²) < 4.78 is 25.9. The molecule has 2 N–H and O–H groups in total. The van der Waals surface area contributed by atoms with E-state index in [2.05, 4.69) is 5.32 Å². The maximum absolute atomic E-state index is 13.0. The first kappa shape index (κ1) is 16.9. The van der Waals surface area contributed by atoms with Crippen molar-refractivity contribution >= 4 is 12.0 Å². The van der Waals surface area contributed by atoms with Crippen LogP contribution in [0.25, 0.3) is 0 Å². The largest absolute Gasteiger partial charge is 0.481 e. The number of carbonyl (C=O) groups excluding carboxylic acids is 1. The molecule has 0 fully saturated rings. The number of nitrogens with one attached hydrogen (secondary N) is 1. The monoisotopic (exact) mass is 300 g/mol. The van der Waals surface area contributed by atoms with Crippen LogP contribution < -0.4 is 5.32 Å². The van der Waals surface area contributed by atoms with E-state index in [-0.39, 0.29) is 19.0 Å². The third-order valence-corrected chi connectivity index (χ3v) is 2.84. The Balaban J connectivity index is 2.30. The molecule has 0 aliphatic rings. The van der Waals surface area contributed by atoms with E-state index in [1.807, 2.05) is 0 Å². The zero-order chi connectivity index (χ0) is 15.8. The lowest BCUT2D eigenvalue weighted by atomic mass is 10.1. The average molecular weight is 300 g/mol. The second-order valence-electron chi connectivity index (χ2n) is 4.68. The van der Waals surface area contributed by atoms with Crippen molar-refractivity contribution in [2.24, 2.45) is 0 Å². The summed E-state index contributed by atoms with van der Waals surface area (Å²) in [5, 5.41) is 11.1. The van der Waals surface area contributed by atoms with Crippen LogP contribution >= 0.6 is 0 Å². The van der Waals surface area contributed by atoms with Gasteiger partial charge >= 0.3 is 12.0 Å². The predicted molar refractivity (Wildman–Crippen MR) is 73.0 cm³/mol. The summed E-state index contributed by atoms with van der Waals surface area (Å²) in [6.07, 6.45) is 0.679. The Morgan fingerprint density at radius 2 is 1.86 bits per heavy atom. The number of urea groups is 1. The van der Waals surface area contributed by atoms with E-state index in [0.29, 0.717) is 24.9 Å². The number of rotatable bonds is 7. The first-order chi connectivity index (χ1) is 9.88. The second-order valence-corrected chi connectivity index (χ2v) is 4.68. The molecule has 116 valence electrons. The van der Waals surface area contributed by atoms with Gasteiger partial charge in [0.2, 0.25) is 0 Å². The highest BCUT2D eigenvalue weighted by Crippen LogP contribution is 2.08. The summed E-state index contributed by atoms with van der Waals surface area (Å²) in [7, 11) is 1.55. The predicted octanol–water partition coefficient (Wildman–Crippen LogP) is 2.01. The topological polar surface area (TPSA) is 69.6 Å². The van der Waals surface area contributed by atoms with E-state index < -0.39 is 17.6 Å². The first-order valence-corrected chi connectivity index (χ1v) is 6.54. The molecule has 1 aromatic rings. The Labute approximate surface area is 121 Å². The molecule has 0 aliphatic carbocycles. The summed E-state index contributed by atoms with van der Waals surface area (Å²) in [4.78, 5) is 23.4. The number of hydrogen-bond acceptors (Lipinski definition) is 2. The number of carboxylic acid groups (broad SMARTS) is 1. The summed E-state index contributed by atoms with van der Waals surface area (Å²) in [6, 6.07) is 2.87. The fraction of sp³-hybridized carbons (Fsp3) is 0.429. The number of carboxylic acids is 1. The fourth-order valence-corrected chi connectivity index (χ4v) is 1.77. The van der Waals surface area contributed by atoms with Crippen LogP contribution in [-0.4, -0.2) is 42.1 Å². The number of nitrogens with zero attached hydrogens (tertiary/aromatic N) is 1. The van der Waals surface area contributed by atoms with Gasteiger partial charge in [-0.15, -0.1) is 0 Å². The van der Waals surface area contributed by atoms with Crippen molar-refractivity contribution in [1.29, 1.82) is 0 Å². The second kappa shape index (κ2) is 8.18. The van der Waals surface area contributed by atoms with E-state index in [0.717, 1.165) is 6.07 Å². The van der Waals surface area contributed by atoms with E-state index >= 15 is 0 Å². The standard InChI is InChI=1S/C14H18F2N2O3/c1-18(6-2-3-13(19)20)14(21)17-5-4-10-7-11(15)9-12(16)8-10/h7-9H,2-6H2,1H3,(H,17,21)(H,19,20). The van der Waals surface area contributed by atoms with E-state index in [1.54, 1.807) is 7.05 Å². The highest BCUT2D eigenvalue weighted by molar-refractivity contribution is 5.73. The Morgan fingerprint density at radius 1 is 1.24 bits per heavy atom. The molecular formula is C14H18F2N2O3. The van der Waals surface area contributed by atoms with Gasteiger partial charge in [0.25, 0.3) is 0 Å². The van der Waals surface area contributed by atoms with Crippen LogP contribution in [0.5, 0.6) is 0 Å². The number of halogens is 2. The number of aliphatic carboxylic acids is 1. The molecule has 21 heavy (non-hydrogen) atoms. The third kappa shape index (κ3) is 6.69. The number of amides is 2. The summed E-state index contributed by atoms with van der Waals surface area (Å²) >= 11 is 0. The molecule has 0 saturated heterocycles. The van der Waals surface area contributed by atoms with Gasteiger partial charge in [-0.25, -0.2) is 13.6 Å². The van der Waals surface area contributed by atoms with Gasteiger partial charge in [0.1, 0.15) is 11.6 Å².